The molecular weight excluding hydrogens is 184 g/mol. The third kappa shape index (κ3) is 1.81. The number of nitrogens with zero attached hydrogens (tertiary/aromatic N) is 1. The summed E-state index contributed by atoms with van der Waals surface area (Å²) in [4.78, 5) is 2.39. The minimum absolute atomic E-state index is 0.559. The molecule has 82 valence electrons. The van der Waals surface area contributed by atoms with Gasteiger partial charge in [-0.1, -0.05) is 19.9 Å². The minimum Gasteiger partial charge on any atom is -0.366 e. The molecule has 1 heterocycles. The van der Waals surface area contributed by atoms with Crippen molar-refractivity contribution in [1.82, 2.24) is 0 Å². The molecule has 1 aliphatic rings. The molecule has 15 heavy (non-hydrogen) atoms. The van der Waals surface area contributed by atoms with Crippen LogP contribution in [0.1, 0.15) is 39.2 Å². The van der Waals surface area contributed by atoms with Crippen LogP contribution in [-0.4, -0.2) is 12.7 Å². The first kappa shape index (κ1) is 10.3. The van der Waals surface area contributed by atoms with Gasteiger partial charge in [0, 0.05) is 6.04 Å². The van der Waals surface area contributed by atoms with Crippen LogP contribution < -0.4 is 10.2 Å². The summed E-state index contributed by atoms with van der Waals surface area (Å²) in [6, 6.07) is 7.32. The molecule has 1 N–H and O–H groups in total. The molecule has 0 spiro atoms. The average molecular weight is 204 g/mol. The van der Waals surface area contributed by atoms with Gasteiger partial charge in [-0.3, -0.25) is 0 Å². The molecule has 0 fully saturated rings. The van der Waals surface area contributed by atoms with Crippen LogP contribution in [-0.2, 0) is 0 Å². The summed E-state index contributed by atoms with van der Waals surface area (Å²) < 4.78 is 0. The van der Waals surface area contributed by atoms with Crippen LogP contribution in [0.4, 0.5) is 11.4 Å². The third-order valence-electron chi connectivity index (χ3n) is 3.06. The van der Waals surface area contributed by atoms with E-state index in [0.29, 0.717) is 12.0 Å². The molecule has 0 bridgehead atoms. The molecule has 0 atom stereocenters. The van der Waals surface area contributed by atoms with E-state index in [9.17, 15) is 0 Å². The second-order valence-electron chi connectivity index (χ2n) is 4.83. The van der Waals surface area contributed by atoms with E-state index in [0.717, 1.165) is 6.67 Å². The Bertz CT molecular complexity index is 356. The van der Waals surface area contributed by atoms with Gasteiger partial charge in [0.15, 0.2) is 0 Å². The second kappa shape index (κ2) is 3.76. The SMILES string of the molecule is CC(C)c1ccc2c(c1)NCN2C(C)C. The van der Waals surface area contributed by atoms with Crippen molar-refractivity contribution in [3.8, 4) is 0 Å². The fourth-order valence-corrected chi connectivity index (χ4v) is 2.02. The molecule has 1 aromatic carbocycles. The van der Waals surface area contributed by atoms with Gasteiger partial charge in [-0.2, -0.15) is 0 Å². The van der Waals surface area contributed by atoms with E-state index in [1.54, 1.807) is 0 Å². The van der Waals surface area contributed by atoms with E-state index in [2.05, 4.69) is 56.1 Å². The number of anilines is 2. The summed E-state index contributed by atoms with van der Waals surface area (Å²) >= 11 is 0. The lowest BCUT2D eigenvalue weighted by Crippen LogP contribution is -2.29. The van der Waals surface area contributed by atoms with Gasteiger partial charge in [-0.05, 0) is 37.5 Å². The van der Waals surface area contributed by atoms with E-state index in [4.69, 9.17) is 0 Å². The maximum absolute atomic E-state index is 3.45. The summed E-state index contributed by atoms with van der Waals surface area (Å²) in [7, 11) is 0. The highest BCUT2D eigenvalue weighted by atomic mass is 15.3. The van der Waals surface area contributed by atoms with Crippen LogP contribution in [0.3, 0.4) is 0 Å². The van der Waals surface area contributed by atoms with Gasteiger partial charge in [0.1, 0.15) is 0 Å². The monoisotopic (exact) mass is 204 g/mol. The Hall–Kier alpha value is -1.18. The van der Waals surface area contributed by atoms with Gasteiger partial charge in [-0.15, -0.1) is 0 Å². The van der Waals surface area contributed by atoms with Crippen LogP contribution in [0.5, 0.6) is 0 Å². The van der Waals surface area contributed by atoms with Crippen molar-refractivity contribution in [2.45, 2.75) is 39.7 Å². The fourth-order valence-electron chi connectivity index (χ4n) is 2.02. The van der Waals surface area contributed by atoms with Crippen molar-refractivity contribution in [3.05, 3.63) is 23.8 Å². The Morgan fingerprint density at radius 2 is 1.93 bits per heavy atom. The van der Waals surface area contributed by atoms with Gasteiger partial charge in [0.2, 0.25) is 0 Å². The molecule has 2 nitrogen and oxygen atoms in total. The normalized spacial score (nSPS) is 14.7. The molecule has 2 rings (SSSR count). The van der Waals surface area contributed by atoms with Gasteiger partial charge in [0.25, 0.3) is 0 Å². The van der Waals surface area contributed by atoms with Crippen LogP contribution in [0.25, 0.3) is 0 Å². The molecular formula is C13H20N2. The zero-order chi connectivity index (χ0) is 11.0. The smallest absolute Gasteiger partial charge is 0.0880 e. The molecule has 0 saturated carbocycles. The number of hydrogen-bond acceptors (Lipinski definition) is 2. The first-order valence-electron chi connectivity index (χ1n) is 5.74. The van der Waals surface area contributed by atoms with Gasteiger partial charge >= 0.3 is 0 Å². The van der Waals surface area contributed by atoms with Gasteiger partial charge in [0.05, 0.1) is 18.0 Å². The molecule has 1 aliphatic heterocycles. The molecule has 0 unspecified atom stereocenters. The third-order valence-corrected chi connectivity index (χ3v) is 3.06. The molecule has 1 aromatic rings. The number of nitrogens with one attached hydrogen (secondary N) is 1. The Kier molecular flexibility index (Phi) is 2.59. The number of benzene rings is 1. The molecule has 2 heteroatoms. The summed E-state index contributed by atoms with van der Waals surface area (Å²) in [5.74, 6) is 0.602. The molecule has 0 radical (unpaired) electrons. The quantitative estimate of drug-likeness (QED) is 0.794. The van der Waals surface area contributed by atoms with Crippen molar-refractivity contribution >= 4 is 11.4 Å². The predicted molar refractivity (Wildman–Crippen MR) is 66.6 cm³/mol. The van der Waals surface area contributed by atoms with E-state index >= 15 is 0 Å². The zero-order valence-electron chi connectivity index (χ0n) is 10.0. The van der Waals surface area contributed by atoms with Crippen molar-refractivity contribution in [3.63, 3.8) is 0 Å². The lowest BCUT2D eigenvalue weighted by molar-refractivity contribution is 0.727. The lowest BCUT2D eigenvalue weighted by Gasteiger charge is -2.22. The molecule has 0 amide bonds. The fraction of sp³-hybridized carbons (Fsp3) is 0.538. The summed E-state index contributed by atoms with van der Waals surface area (Å²) in [5.41, 5.74) is 4.04. The van der Waals surface area contributed by atoms with E-state index in [1.165, 1.54) is 16.9 Å². The molecule has 0 saturated heterocycles. The number of hydrogen-bond donors (Lipinski definition) is 1. The summed E-state index contributed by atoms with van der Waals surface area (Å²) in [5, 5.41) is 3.45. The average Bonchev–Trinajstić information content (AvgIpc) is 2.59. The van der Waals surface area contributed by atoms with Crippen molar-refractivity contribution in [2.75, 3.05) is 16.9 Å². The highest BCUT2D eigenvalue weighted by Gasteiger charge is 2.20. The summed E-state index contributed by atoms with van der Waals surface area (Å²) in [6.07, 6.45) is 0. The van der Waals surface area contributed by atoms with Crippen molar-refractivity contribution in [1.29, 1.82) is 0 Å². The van der Waals surface area contributed by atoms with Crippen LogP contribution in [0, 0.1) is 0 Å². The predicted octanol–water partition coefficient (Wildman–Crippen LogP) is 3.41. The molecule has 0 aliphatic carbocycles. The van der Waals surface area contributed by atoms with Gasteiger partial charge < -0.3 is 10.2 Å². The van der Waals surface area contributed by atoms with Crippen LogP contribution in [0.2, 0.25) is 0 Å². The maximum atomic E-state index is 3.45. The first-order valence-corrected chi connectivity index (χ1v) is 5.74. The zero-order valence-corrected chi connectivity index (χ0v) is 10.0. The maximum Gasteiger partial charge on any atom is 0.0880 e. The van der Waals surface area contributed by atoms with E-state index < -0.39 is 0 Å². The lowest BCUT2D eigenvalue weighted by atomic mass is 10.0. The van der Waals surface area contributed by atoms with Crippen molar-refractivity contribution in [2.24, 2.45) is 0 Å². The summed E-state index contributed by atoms with van der Waals surface area (Å²) in [6.45, 7) is 9.86. The van der Waals surface area contributed by atoms with Gasteiger partial charge in [-0.25, -0.2) is 0 Å². The topological polar surface area (TPSA) is 15.3 Å². The second-order valence-corrected chi connectivity index (χ2v) is 4.83. The number of fused-ring (bicyclic) bond motifs is 1. The van der Waals surface area contributed by atoms with Crippen LogP contribution in [0.15, 0.2) is 18.2 Å². The Balaban J connectivity index is 2.33. The van der Waals surface area contributed by atoms with E-state index in [-0.39, 0.29) is 0 Å². The highest BCUT2D eigenvalue weighted by Crippen LogP contribution is 2.34. The standard InChI is InChI=1S/C13H20N2/c1-9(2)11-5-6-13-12(7-11)14-8-15(13)10(3)4/h5-7,9-10,14H,8H2,1-4H3. The minimum atomic E-state index is 0.559. The Morgan fingerprint density at radius 1 is 1.20 bits per heavy atom. The van der Waals surface area contributed by atoms with Crippen LogP contribution >= 0.6 is 0 Å². The number of rotatable bonds is 2. The molecule has 0 aromatic heterocycles. The Morgan fingerprint density at radius 3 is 2.53 bits per heavy atom. The Labute approximate surface area is 92.3 Å². The first-order chi connectivity index (χ1) is 7.09. The van der Waals surface area contributed by atoms with E-state index in [1.807, 2.05) is 0 Å². The largest absolute Gasteiger partial charge is 0.366 e. The van der Waals surface area contributed by atoms with Crippen molar-refractivity contribution < 1.29 is 0 Å². The highest BCUT2D eigenvalue weighted by molar-refractivity contribution is 5.75.